The molecule has 0 spiro atoms. The summed E-state index contributed by atoms with van der Waals surface area (Å²) in [5.74, 6) is -0.0286. The van der Waals surface area contributed by atoms with Crippen molar-refractivity contribution in [1.29, 1.82) is 0 Å². The van der Waals surface area contributed by atoms with Crippen molar-refractivity contribution in [3.8, 4) is 0 Å². The molecule has 0 aliphatic rings. The number of thioether (sulfide) groups is 1. The van der Waals surface area contributed by atoms with E-state index < -0.39 is 11.2 Å². The average Bonchev–Trinajstić information content (AvgIpc) is 3.00. The van der Waals surface area contributed by atoms with Gasteiger partial charge in [0, 0.05) is 26.8 Å². The van der Waals surface area contributed by atoms with Gasteiger partial charge >= 0.3 is 5.69 Å². The van der Waals surface area contributed by atoms with Crippen LogP contribution in [-0.2, 0) is 32.4 Å². The summed E-state index contributed by atoms with van der Waals surface area (Å²) in [4.78, 5) is 40.9. The van der Waals surface area contributed by atoms with Crippen molar-refractivity contribution in [2.45, 2.75) is 18.5 Å². The normalized spacial score (nSPS) is 11.1. The number of carbonyl (C=O) groups is 1. The Bertz CT molecular complexity index is 1130. The van der Waals surface area contributed by atoms with E-state index in [0.29, 0.717) is 10.8 Å². The Morgan fingerprint density at radius 3 is 2.37 bits per heavy atom. The molecule has 0 atom stereocenters. The molecule has 0 aliphatic carbocycles. The SMILES string of the molecule is CCc1ccc(NC(=O)CSc2nc3c(=O)n(C)c(=O)n(C)c3n2C)cc1. The van der Waals surface area contributed by atoms with Crippen molar-refractivity contribution < 1.29 is 4.79 Å². The number of nitrogens with one attached hydrogen (secondary N) is 1. The first-order chi connectivity index (χ1) is 12.8. The van der Waals surface area contributed by atoms with Crippen LogP contribution < -0.4 is 16.6 Å². The lowest BCUT2D eigenvalue weighted by atomic mass is 10.1. The zero-order chi connectivity index (χ0) is 19.7. The lowest BCUT2D eigenvalue weighted by molar-refractivity contribution is -0.113. The van der Waals surface area contributed by atoms with Gasteiger partial charge in [-0.05, 0) is 24.1 Å². The highest BCUT2D eigenvalue weighted by molar-refractivity contribution is 7.99. The fourth-order valence-corrected chi connectivity index (χ4v) is 3.61. The minimum Gasteiger partial charge on any atom is -0.325 e. The van der Waals surface area contributed by atoms with Crippen LogP contribution in [0, 0.1) is 0 Å². The lowest BCUT2D eigenvalue weighted by Crippen LogP contribution is -2.37. The van der Waals surface area contributed by atoms with E-state index in [1.54, 1.807) is 18.7 Å². The summed E-state index contributed by atoms with van der Waals surface area (Å²) in [6.45, 7) is 2.07. The molecule has 0 unspecified atom stereocenters. The molecule has 0 fully saturated rings. The van der Waals surface area contributed by atoms with Gasteiger partial charge in [-0.25, -0.2) is 9.78 Å². The Morgan fingerprint density at radius 2 is 1.74 bits per heavy atom. The molecule has 0 bridgehead atoms. The first kappa shape index (κ1) is 19.0. The monoisotopic (exact) mass is 387 g/mol. The average molecular weight is 387 g/mol. The topological polar surface area (TPSA) is 90.9 Å². The summed E-state index contributed by atoms with van der Waals surface area (Å²) in [5, 5.41) is 3.34. The van der Waals surface area contributed by atoms with Crippen LogP contribution in [0.25, 0.3) is 11.2 Å². The highest BCUT2D eigenvalue weighted by atomic mass is 32.2. The van der Waals surface area contributed by atoms with Gasteiger partial charge in [-0.2, -0.15) is 0 Å². The first-order valence-electron chi connectivity index (χ1n) is 8.47. The number of imidazole rings is 1. The van der Waals surface area contributed by atoms with Crippen LogP contribution in [0.1, 0.15) is 12.5 Å². The van der Waals surface area contributed by atoms with Gasteiger partial charge in [-0.3, -0.25) is 18.7 Å². The molecule has 0 saturated heterocycles. The van der Waals surface area contributed by atoms with Crippen molar-refractivity contribution in [2.24, 2.45) is 21.1 Å². The molecule has 3 rings (SSSR count). The zero-order valence-electron chi connectivity index (χ0n) is 15.6. The van der Waals surface area contributed by atoms with E-state index in [1.165, 1.54) is 28.9 Å². The van der Waals surface area contributed by atoms with Crippen LogP contribution >= 0.6 is 11.8 Å². The number of aromatic nitrogens is 4. The second kappa shape index (κ2) is 7.43. The summed E-state index contributed by atoms with van der Waals surface area (Å²) in [6.07, 6.45) is 0.943. The summed E-state index contributed by atoms with van der Waals surface area (Å²) in [7, 11) is 4.73. The van der Waals surface area contributed by atoms with Gasteiger partial charge in [-0.15, -0.1) is 0 Å². The van der Waals surface area contributed by atoms with Gasteiger partial charge in [0.15, 0.2) is 16.3 Å². The van der Waals surface area contributed by atoms with Crippen molar-refractivity contribution in [2.75, 3.05) is 11.1 Å². The maximum Gasteiger partial charge on any atom is 0.332 e. The molecule has 142 valence electrons. The molecule has 0 radical (unpaired) electrons. The molecule has 1 aromatic carbocycles. The third-order valence-electron chi connectivity index (χ3n) is 4.40. The maximum atomic E-state index is 12.3. The third kappa shape index (κ3) is 3.55. The largest absolute Gasteiger partial charge is 0.332 e. The van der Waals surface area contributed by atoms with Gasteiger partial charge in [-0.1, -0.05) is 30.8 Å². The molecule has 3 aromatic rings. The standard InChI is InChI=1S/C18H21N5O3S/c1-5-11-6-8-12(9-7-11)19-13(24)10-27-17-20-14-15(21(17)2)22(3)18(26)23(4)16(14)25/h6-9H,5,10H2,1-4H3,(H,19,24). The van der Waals surface area contributed by atoms with Crippen molar-refractivity contribution in [3.05, 3.63) is 50.7 Å². The van der Waals surface area contributed by atoms with E-state index in [4.69, 9.17) is 0 Å². The van der Waals surface area contributed by atoms with Crippen LogP contribution in [0.15, 0.2) is 39.0 Å². The molecule has 2 aromatic heterocycles. The van der Waals surface area contributed by atoms with Gasteiger partial charge < -0.3 is 9.88 Å². The number of hydrogen-bond acceptors (Lipinski definition) is 5. The van der Waals surface area contributed by atoms with Crippen LogP contribution in [0.5, 0.6) is 0 Å². The number of nitrogens with zero attached hydrogens (tertiary/aromatic N) is 4. The number of rotatable bonds is 5. The van der Waals surface area contributed by atoms with E-state index in [0.717, 1.165) is 16.7 Å². The van der Waals surface area contributed by atoms with Gasteiger partial charge in [0.2, 0.25) is 5.91 Å². The van der Waals surface area contributed by atoms with E-state index in [2.05, 4.69) is 17.2 Å². The zero-order valence-corrected chi connectivity index (χ0v) is 16.5. The van der Waals surface area contributed by atoms with Gasteiger partial charge in [0.1, 0.15) is 0 Å². The highest BCUT2D eigenvalue weighted by Crippen LogP contribution is 2.20. The Morgan fingerprint density at radius 1 is 1.07 bits per heavy atom. The van der Waals surface area contributed by atoms with Crippen LogP contribution in [-0.4, -0.2) is 30.3 Å². The number of hydrogen-bond donors (Lipinski definition) is 1. The molecule has 9 heteroatoms. The van der Waals surface area contributed by atoms with Gasteiger partial charge in [0.05, 0.1) is 5.75 Å². The molecule has 0 saturated carbocycles. The molecule has 8 nitrogen and oxygen atoms in total. The molecule has 2 heterocycles. The summed E-state index contributed by atoms with van der Waals surface area (Å²) in [5.41, 5.74) is 1.71. The lowest BCUT2D eigenvalue weighted by Gasteiger charge is -2.07. The number of anilines is 1. The Hall–Kier alpha value is -2.81. The van der Waals surface area contributed by atoms with Crippen molar-refractivity contribution >= 4 is 34.5 Å². The fraction of sp³-hybridized carbons (Fsp3) is 0.333. The van der Waals surface area contributed by atoms with Crippen molar-refractivity contribution in [1.82, 2.24) is 18.7 Å². The summed E-state index contributed by atoms with van der Waals surface area (Å²) in [6, 6.07) is 7.70. The predicted molar refractivity (Wildman–Crippen MR) is 106 cm³/mol. The first-order valence-corrected chi connectivity index (χ1v) is 9.46. The van der Waals surface area contributed by atoms with Crippen LogP contribution in [0.4, 0.5) is 5.69 Å². The molecule has 0 aliphatic heterocycles. The van der Waals surface area contributed by atoms with Crippen molar-refractivity contribution in [3.63, 3.8) is 0 Å². The second-order valence-electron chi connectivity index (χ2n) is 6.22. The smallest absolute Gasteiger partial charge is 0.325 e. The third-order valence-corrected chi connectivity index (χ3v) is 5.43. The number of fused-ring (bicyclic) bond motifs is 1. The molecular weight excluding hydrogens is 366 g/mol. The van der Waals surface area contributed by atoms with Crippen LogP contribution in [0.3, 0.4) is 0 Å². The minimum absolute atomic E-state index is 0.140. The highest BCUT2D eigenvalue weighted by Gasteiger charge is 2.17. The maximum absolute atomic E-state index is 12.3. The van der Waals surface area contributed by atoms with E-state index in [9.17, 15) is 14.4 Å². The number of carbonyl (C=O) groups excluding carboxylic acids is 1. The van der Waals surface area contributed by atoms with E-state index >= 15 is 0 Å². The summed E-state index contributed by atoms with van der Waals surface area (Å²) >= 11 is 1.21. The quantitative estimate of drug-likeness (QED) is 0.666. The Balaban J connectivity index is 1.78. The number of amides is 1. The van der Waals surface area contributed by atoms with Gasteiger partial charge in [0.25, 0.3) is 5.56 Å². The van der Waals surface area contributed by atoms with Crippen LogP contribution in [0.2, 0.25) is 0 Å². The fourth-order valence-electron chi connectivity index (χ4n) is 2.84. The summed E-state index contributed by atoms with van der Waals surface area (Å²) < 4.78 is 4.06. The molecule has 1 amide bonds. The molecule has 27 heavy (non-hydrogen) atoms. The number of aryl methyl sites for hydroxylation is 3. The predicted octanol–water partition coefficient (Wildman–Crippen LogP) is 1.26. The van der Waals surface area contributed by atoms with E-state index in [-0.39, 0.29) is 17.2 Å². The Kier molecular flexibility index (Phi) is 5.22. The Labute approximate surface area is 159 Å². The second-order valence-corrected chi connectivity index (χ2v) is 7.16. The number of benzene rings is 1. The molecule has 1 N–H and O–H groups in total. The minimum atomic E-state index is -0.448. The molecular formula is C18H21N5O3S. The van der Waals surface area contributed by atoms with E-state index in [1.807, 2.05) is 24.3 Å².